The van der Waals surface area contributed by atoms with Gasteiger partial charge in [0.05, 0.1) is 14.9 Å². The van der Waals surface area contributed by atoms with Gasteiger partial charge in [-0.25, -0.2) is 26.3 Å². The number of nitrogens with zero attached hydrogens (tertiary/aromatic N) is 2. The van der Waals surface area contributed by atoms with Crippen LogP contribution >= 0.6 is 45.2 Å². The van der Waals surface area contributed by atoms with E-state index in [2.05, 4.69) is 5.10 Å². The van der Waals surface area contributed by atoms with E-state index in [-0.39, 0.29) is 28.5 Å². The first kappa shape index (κ1) is 26.4. The number of ether oxygens (including phenoxy) is 1. The highest BCUT2D eigenvalue weighted by Gasteiger charge is 2.37. The third-order valence-corrected chi connectivity index (χ3v) is 6.55. The molecule has 0 unspecified atom stereocenters. The minimum absolute atomic E-state index is 0.0298. The molecule has 0 saturated carbocycles. The molecule has 12 heteroatoms. The molecule has 4 rings (SSSR count). The van der Waals surface area contributed by atoms with E-state index in [1.165, 1.54) is 25.1 Å². The quantitative estimate of drug-likeness (QED) is 0.0925. The second-order valence-electron chi connectivity index (χ2n) is 7.46. The average Bonchev–Trinajstić information content (AvgIpc) is 3.10. The molecule has 0 aromatic heterocycles. The molecule has 1 amide bonds. The van der Waals surface area contributed by atoms with Gasteiger partial charge >= 0.3 is 0 Å². The summed E-state index contributed by atoms with van der Waals surface area (Å²) in [6.07, 6.45) is 1.33. The molecule has 1 heterocycles. The van der Waals surface area contributed by atoms with E-state index in [0.717, 1.165) is 3.57 Å². The summed E-state index contributed by atoms with van der Waals surface area (Å²) in [5, 5.41) is 3.87. The molecule has 0 saturated heterocycles. The van der Waals surface area contributed by atoms with Crippen molar-refractivity contribution in [2.75, 3.05) is 5.01 Å². The average molecular weight is 728 g/mol. The van der Waals surface area contributed by atoms with E-state index in [9.17, 15) is 31.1 Å². The van der Waals surface area contributed by atoms with Crippen molar-refractivity contribution in [3.63, 3.8) is 0 Å². The van der Waals surface area contributed by atoms with Gasteiger partial charge in [-0.2, -0.15) is 10.1 Å². The number of carbonyl (C=O) groups is 1. The Morgan fingerprint density at radius 3 is 2.19 bits per heavy atom. The fraction of sp³-hybridized carbons (Fsp3) is 0.0833. The largest absolute Gasteiger partial charge is 0.487 e. The van der Waals surface area contributed by atoms with Crippen molar-refractivity contribution in [1.82, 2.24) is 0 Å². The first-order chi connectivity index (χ1) is 17.0. The summed E-state index contributed by atoms with van der Waals surface area (Å²) in [4.78, 5) is 13.0. The van der Waals surface area contributed by atoms with Crippen molar-refractivity contribution in [3.05, 3.63) is 95.1 Å². The summed E-state index contributed by atoms with van der Waals surface area (Å²) in [5.74, 6) is -12.4. The first-order valence-electron chi connectivity index (χ1n) is 9.99. The minimum Gasteiger partial charge on any atom is -0.487 e. The molecular formula is C24H12F6I2N2O2. The number of anilines is 1. The summed E-state index contributed by atoms with van der Waals surface area (Å²) < 4.78 is 90.8. The van der Waals surface area contributed by atoms with Crippen molar-refractivity contribution in [2.45, 2.75) is 13.5 Å². The van der Waals surface area contributed by atoms with Gasteiger partial charge in [0, 0.05) is 14.7 Å². The van der Waals surface area contributed by atoms with Gasteiger partial charge in [-0.05, 0) is 76.4 Å². The molecular weight excluding hydrogens is 716 g/mol. The maximum atomic E-state index is 14.3. The lowest BCUT2D eigenvalue weighted by molar-refractivity contribution is -0.114. The zero-order valence-corrected chi connectivity index (χ0v) is 22.3. The van der Waals surface area contributed by atoms with E-state index < -0.39 is 46.5 Å². The Hall–Kier alpha value is -2.62. The molecule has 186 valence electrons. The van der Waals surface area contributed by atoms with E-state index >= 15 is 0 Å². The molecule has 36 heavy (non-hydrogen) atoms. The van der Waals surface area contributed by atoms with Gasteiger partial charge in [0.25, 0.3) is 5.91 Å². The number of benzene rings is 3. The fourth-order valence-corrected chi connectivity index (χ4v) is 5.42. The van der Waals surface area contributed by atoms with Gasteiger partial charge in [-0.1, -0.05) is 18.2 Å². The molecule has 3 aromatic carbocycles. The number of hydrogen-bond donors (Lipinski definition) is 0. The van der Waals surface area contributed by atoms with Crippen LogP contribution in [0.25, 0.3) is 6.08 Å². The van der Waals surface area contributed by atoms with Gasteiger partial charge in [-0.15, -0.1) is 0 Å². The predicted molar refractivity (Wildman–Crippen MR) is 137 cm³/mol. The van der Waals surface area contributed by atoms with Gasteiger partial charge in [-0.3, -0.25) is 4.79 Å². The summed E-state index contributed by atoms with van der Waals surface area (Å²) in [7, 11) is 0. The van der Waals surface area contributed by atoms with Crippen LogP contribution < -0.4 is 9.75 Å². The van der Waals surface area contributed by atoms with Gasteiger partial charge < -0.3 is 4.74 Å². The number of rotatable bonds is 5. The summed E-state index contributed by atoms with van der Waals surface area (Å²) >= 11 is 4.03. The summed E-state index contributed by atoms with van der Waals surface area (Å²) in [6, 6.07) is 9.44. The fourth-order valence-electron chi connectivity index (χ4n) is 3.38. The molecule has 0 atom stereocenters. The highest BCUT2D eigenvalue weighted by atomic mass is 127. The van der Waals surface area contributed by atoms with E-state index in [0.29, 0.717) is 14.9 Å². The van der Waals surface area contributed by atoms with Crippen LogP contribution in [-0.4, -0.2) is 11.6 Å². The zero-order chi connectivity index (χ0) is 26.3. The lowest BCUT2D eigenvalue weighted by atomic mass is 10.1. The molecule has 4 nitrogen and oxygen atoms in total. The third kappa shape index (κ3) is 4.84. The van der Waals surface area contributed by atoms with Crippen molar-refractivity contribution >= 4 is 68.6 Å². The Bertz CT molecular complexity index is 1450. The van der Waals surface area contributed by atoms with Crippen molar-refractivity contribution in [1.29, 1.82) is 0 Å². The van der Waals surface area contributed by atoms with Gasteiger partial charge in [0.15, 0.2) is 23.3 Å². The predicted octanol–water partition coefficient (Wildman–Crippen LogP) is 7.12. The summed E-state index contributed by atoms with van der Waals surface area (Å²) in [5.41, 5.74) is -1.02. The second kappa shape index (κ2) is 10.4. The van der Waals surface area contributed by atoms with E-state index in [1.54, 1.807) is 24.3 Å². The maximum absolute atomic E-state index is 14.3. The van der Waals surface area contributed by atoms with Crippen LogP contribution in [0.3, 0.4) is 0 Å². The van der Waals surface area contributed by atoms with E-state index in [4.69, 9.17) is 4.74 Å². The SMILES string of the molecule is CC1=NN(c2c(F)c(F)c(F)c(F)c2F)C(=O)/C1=C\c1cc(I)cc(I)c1OCc1ccccc1F. The first-order valence-corrected chi connectivity index (χ1v) is 12.2. The molecule has 0 fully saturated rings. The Balaban J connectivity index is 1.74. The molecule has 0 radical (unpaired) electrons. The molecule has 1 aliphatic rings. The molecule has 0 N–H and O–H groups in total. The lowest BCUT2D eigenvalue weighted by Crippen LogP contribution is -2.25. The smallest absolute Gasteiger partial charge is 0.280 e. The van der Waals surface area contributed by atoms with Crippen LogP contribution in [0.1, 0.15) is 18.1 Å². The van der Waals surface area contributed by atoms with Crippen LogP contribution in [-0.2, 0) is 11.4 Å². The molecule has 0 aliphatic carbocycles. The van der Waals surface area contributed by atoms with Crippen molar-refractivity contribution in [3.8, 4) is 5.75 Å². The zero-order valence-electron chi connectivity index (χ0n) is 18.0. The number of hydrogen-bond acceptors (Lipinski definition) is 3. The standard InChI is InChI=1S/C24H12F6I2N2O2/c1-10-14(24(35)34(33-10)22-20(29)18(27)17(26)19(28)21(22)30)7-12-6-13(31)8-16(32)23(12)36-9-11-4-2-3-5-15(11)25/h2-8H,9H2,1H3/b14-7-. The minimum atomic E-state index is -2.35. The Morgan fingerprint density at radius 2 is 1.56 bits per heavy atom. The van der Waals surface area contributed by atoms with Crippen LogP contribution in [0.4, 0.5) is 32.0 Å². The third-order valence-electron chi connectivity index (χ3n) is 5.13. The van der Waals surface area contributed by atoms with Gasteiger partial charge in [0.1, 0.15) is 23.9 Å². The monoisotopic (exact) mass is 728 g/mol. The molecule has 1 aliphatic heterocycles. The van der Waals surface area contributed by atoms with E-state index in [1.807, 2.05) is 45.2 Å². The maximum Gasteiger partial charge on any atom is 0.280 e. The highest BCUT2D eigenvalue weighted by Crippen LogP contribution is 2.36. The van der Waals surface area contributed by atoms with Crippen LogP contribution in [0.15, 0.2) is 47.1 Å². The Morgan fingerprint density at radius 1 is 0.944 bits per heavy atom. The van der Waals surface area contributed by atoms with Crippen molar-refractivity contribution < 1.29 is 35.9 Å². The lowest BCUT2D eigenvalue weighted by Gasteiger charge is -2.15. The number of amides is 1. The van der Waals surface area contributed by atoms with Crippen LogP contribution in [0.5, 0.6) is 5.75 Å². The number of hydrazone groups is 1. The topological polar surface area (TPSA) is 41.9 Å². The Labute approximate surface area is 227 Å². The summed E-state index contributed by atoms with van der Waals surface area (Å²) in [6.45, 7) is 1.21. The second-order valence-corrected chi connectivity index (χ2v) is 9.87. The van der Waals surface area contributed by atoms with Gasteiger partial charge in [0.2, 0.25) is 5.82 Å². The number of halogens is 8. The van der Waals surface area contributed by atoms with Crippen LogP contribution in [0, 0.1) is 42.0 Å². The molecule has 0 spiro atoms. The molecule has 0 bridgehead atoms. The highest BCUT2D eigenvalue weighted by molar-refractivity contribution is 14.1. The van der Waals surface area contributed by atoms with Crippen molar-refractivity contribution in [2.24, 2.45) is 5.10 Å². The number of carbonyl (C=O) groups excluding carboxylic acids is 1. The molecule has 3 aromatic rings. The normalized spacial score (nSPS) is 14.6. The Kier molecular flexibility index (Phi) is 7.64. The van der Waals surface area contributed by atoms with Crippen LogP contribution in [0.2, 0.25) is 0 Å².